The van der Waals surface area contributed by atoms with E-state index in [0.717, 1.165) is 43.0 Å². The Morgan fingerprint density at radius 1 is 1.39 bits per heavy atom. The molecule has 0 saturated carbocycles. The minimum absolute atomic E-state index is 0.0504. The van der Waals surface area contributed by atoms with Gasteiger partial charge in [0, 0.05) is 19.6 Å². The number of methoxy groups -OCH3 is 1. The van der Waals surface area contributed by atoms with Gasteiger partial charge in [0.15, 0.2) is 11.5 Å². The largest absolute Gasteiger partial charge is 0.493 e. The zero-order valence-corrected chi connectivity index (χ0v) is 14.4. The van der Waals surface area contributed by atoms with Crippen LogP contribution in [0.15, 0.2) is 18.2 Å². The molecule has 0 aromatic heterocycles. The summed E-state index contributed by atoms with van der Waals surface area (Å²) >= 11 is 0. The van der Waals surface area contributed by atoms with Crippen molar-refractivity contribution in [3.05, 3.63) is 23.8 Å². The zero-order chi connectivity index (χ0) is 16.7. The van der Waals surface area contributed by atoms with E-state index in [9.17, 15) is 4.79 Å². The second-order valence-corrected chi connectivity index (χ2v) is 6.09. The molecule has 1 N–H and O–H groups in total. The van der Waals surface area contributed by atoms with Gasteiger partial charge >= 0.3 is 6.03 Å². The lowest BCUT2D eigenvalue weighted by molar-refractivity contribution is 0.170. The quantitative estimate of drug-likeness (QED) is 0.876. The molecule has 1 fully saturated rings. The molecule has 1 atom stereocenters. The van der Waals surface area contributed by atoms with Gasteiger partial charge in [0.1, 0.15) is 0 Å². The molecule has 0 spiro atoms. The number of hydrogen-bond acceptors (Lipinski definition) is 3. The summed E-state index contributed by atoms with van der Waals surface area (Å²) in [5, 5.41) is 3.01. The molecule has 5 nitrogen and oxygen atoms in total. The number of hydrogen-bond donors (Lipinski definition) is 1. The van der Waals surface area contributed by atoms with Crippen LogP contribution >= 0.6 is 0 Å². The van der Waals surface area contributed by atoms with Crippen LogP contribution in [0.4, 0.5) is 4.79 Å². The molecule has 1 aromatic rings. The average molecular weight is 320 g/mol. The van der Waals surface area contributed by atoms with Gasteiger partial charge in [-0.05, 0) is 49.8 Å². The minimum Gasteiger partial charge on any atom is -0.493 e. The van der Waals surface area contributed by atoms with Gasteiger partial charge in [0.25, 0.3) is 0 Å². The molecule has 2 rings (SSSR count). The van der Waals surface area contributed by atoms with Gasteiger partial charge < -0.3 is 19.7 Å². The first-order valence-electron chi connectivity index (χ1n) is 8.46. The summed E-state index contributed by atoms with van der Waals surface area (Å²) in [5.41, 5.74) is 1.12. The van der Waals surface area contributed by atoms with Crippen LogP contribution in [0, 0.1) is 5.92 Å². The molecule has 0 bridgehead atoms. The molecule has 1 aliphatic rings. The highest BCUT2D eigenvalue weighted by atomic mass is 16.5. The van der Waals surface area contributed by atoms with E-state index in [-0.39, 0.29) is 6.03 Å². The highest BCUT2D eigenvalue weighted by molar-refractivity contribution is 5.74. The number of nitrogens with zero attached hydrogens (tertiary/aromatic N) is 1. The second kappa shape index (κ2) is 8.65. The van der Waals surface area contributed by atoms with Crippen molar-refractivity contribution < 1.29 is 14.3 Å². The number of ether oxygens (including phenoxy) is 2. The van der Waals surface area contributed by atoms with Gasteiger partial charge in [-0.2, -0.15) is 0 Å². The van der Waals surface area contributed by atoms with Crippen molar-refractivity contribution in [1.82, 2.24) is 10.2 Å². The highest BCUT2D eigenvalue weighted by Gasteiger charge is 2.20. The average Bonchev–Trinajstić information content (AvgIpc) is 2.56. The Morgan fingerprint density at radius 3 is 2.91 bits per heavy atom. The van der Waals surface area contributed by atoms with Crippen LogP contribution in [0.3, 0.4) is 0 Å². The fourth-order valence-electron chi connectivity index (χ4n) is 2.94. The first kappa shape index (κ1) is 17.4. The van der Waals surface area contributed by atoms with Gasteiger partial charge in [0.05, 0.1) is 13.7 Å². The Morgan fingerprint density at radius 2 is 2.22 bits per heavy atom. The smallest absolute Gasteiger partial charge is 0.317 e. The van der Waals surface area contributed by atoms with Gasteiger partial charge in [-0.15, -0.1) is 0 Å². The minimum atomic E-state index is 0.0504. The zero-order valence-electron chi connectivity index (χ0n) is 14.4. The first-order chi connectivity index (χ1) is 11.1. The van der Waals surface area contributed by atoms with Crippen molar-refractivity contribution in [2.75, 3.05) is 33.4 Å². The SMILES string of the molecule is CCOc1ccc(CCNC(=O)N2CCCC(C)C2)cc1OC. The van der Waals surface area contributed by atoms with Crippen molar-refractivity contribution in [2.45, 2.75) is 33.1 Å². The molecule has 1 aromatic carbocycles. The fourth-order valence-corrected chi connectivity index (χ4v) is 2.94. The van der Waals surface area contributed by atoms with Gasteiger partial charge in [-0.25, -0.2) is 4.79 Å². The van der Waals surface area contributed by atoms with Crippen LogP contribution in [0.25, 0.3) is 0 Å². The summed E-state index contributed by atoms with van der Waals surface area (Å²) in [6.07, 6.45) is 3.10. The van der Waals surface area contributed by atoms with E-state index in [1.807, 2.05) is 30.0 Å². The maximum absolute atomic E-state index is 12.2. The number of rotatable bonds is 6. The molecule has 1 heterocycles. The molecular weight excluding hydrogens is 292 g/mol. The number of amides is 2. The van der Waals surface area contributed by atoms with Gasteiger partial charge in [-0.3, -0.25) is 0 Å². The predicted octanol–water partition coefficient (Wildman–Crippen LogP) is 3.08. The summed E-state index contributed by atoms with van der Waals surface area (Å²) in [6, 6.07) is 5.96. The summed E-state index contributed by atoms with van der Waals surface area (Å²) in [4.78, 5) is 14.1. The van der Waals surface area contributed by atoms with E-state index >= 15 is 0 Å². The third kappa shape index (κ3) is 5.05. The lowest BCUT2D eigenvalue weighted by atomic mass is 10.0. The topological polar surface area (TPSA) is 50.8 Å². The van der Waals surface area contributed by atoms with Crippen molar-refractivity contribution in [2.24, 2.45) is 5.92 Å². The molecule has 1 aliphatic heterocycles. The van der Waals surface area contributed by atoms with E-state index in [1.165, 1.54) is 6.42 Å². The molecule has 2 amide bonds. The van der Waals surface area contributed by atoms with Crippen molar-refractivity contribution in [3.8, 4) is 11.5 Å². The number of piperidine rings is 1. The van der Waals surface area contributed by atoms with Gasteiger partial charge in [0.2, 0.25) is 0 Å². The number of carbonyl (C=O) groups excluding carboxylic acids is 1. The fraction of sp³-hybridized carbons (Fsp3) is 0.611. The van der Waals surface area contributed by atoms with E-state index in [4.69, 9.17) is 9.47 Å². The van der Waals surface area contributed by atoms with Crippen LogP contribution < -0.4 is 14.8 Å². The van der Waals surface area contributed by atoms with E-state index in [0.29, 0.717) is 19.1 Å². The van der Waals surface area contributed by atoms with Gasteiger partial charge in [-0.1, -0.05) is 13.0 Å². The normalized spacial score (nSPS) is 17.7. The number of urea groups is 1. The molecule has 23 heavy (non-hydrogen) atoms. The van der Waals surface area contributed by atoms with E-state index < -0.39 is 0 Å². The maximum atomic E-state index is 12.2. The molecule has 1 saturated heterocycles. The lowest BCUT2D eigenvalue weighted by Gasteiger charge is -2.30. The molecular formula is C18H28N2O3. The number of carbonyl (C=O) groups is 1. The van der Waals surface area contributed by atoms with Crippen molar-refractivity contribution in [3.63, 3.8) is 0 Å². The lowest BCUT2D eigenvalue weighted by Crippen LogP contribution is -2.45. The second-order valence-electron chi connectivity index (χ2n) is 6.09. The third-order valence-electron chi connectivity index (χ3n) is 4.16. The number of likely N-dealkylation sites (tertiary alicyclic amines) is 1. The predicted molar refractivity (Wildman–Crippen MR) is 91.2 cm³/mol. The van der Waals surface area contributed by atoms with Crippen LogP contribution in [-0.2, 0) is 6.42 Å². The van der Waals surface area contributed by atoms with Crippen LogP contribution in [0.1, 0.15) is 32.3 Å². The summed E-state index contributed by atoms with van der Waals surface area (Å²) in [6.45, 7) is 7.12. The third-order valence-corrected chi connectivity index (χ3v) is 4.16. The Kier molecular flexibility index (Phi) is 6.56. The molecule has 0 radical (unpaired) electrons. The van der Waals surface area contributed by atoms with Crippen LogP contribution in [0.2, 0.25) is 0 Å². The number of nitrogens with one attached hydrogen (secondary N) is 1. The summed E-state index contributed by atoms with van der Waals surface area (Å²) in [7, 11) is 1.64. The monoisotopic (exact) mass is 320 g/mol. The standard InChI is InChI=1S/C18H28N2O3/c1-4-23-16-8-7-15(12-17(16)22-3)9-10-19-18(21)20-11-5-6-14(2)13-20/h7-8,12,14H,4-6,9-11,13H2,1-3H3,(H,19,21). The Hall–Kier alpha value is -1.91. The Balaban J connectivity index is 1.82. The summed E-state index contributed by atoms with van der Waals surface area (Å²) < 4.78 is 10.9. The highest BCUT2D eigenvalue weighted by Crippen LogP contribution is 2.28. The number of benzene rings is 1. The molecule has 5 heteroatoms. The van der Waals surface area contributed by atoms with Crippen molar-refractivity contribution in [1.29, 1.82) is 0 Å². The van der Waals surface area contributed by atoms with E-state index in [2.05, 4.69) is 12.2 Å². The Bertz CT molecular complexity index is 519. The maximum Gasteiger partial charge on any atom is 0.317 e. The van der Waals surface area contributed by atoms with E-state index in [1.54, 1.807) is 7.11 Å². The molecule has 128 valence electrons. The first-order valence-corrected chi connectivity index (χ1v) is 8.46. The van der Waals surface area contributed by atoms with Crippen LogP contribution in [0.5, 0.6) is 11.5 Å². The Labute approximate surface area is 139 Å². The van der Waals surface area contributed by atoms with Crippen LogP contribution in [-0.4, -0.2) is 44.3 Å². The summed E-state index contributed by atoms with van der Waals surface area (Å²) in [5.74, 6) is 2.09. The van der Waals surface area contributed by atoms with Crippen molar-refractivity contribution >= 4 is 6.03 Å². The molecule has 0 aliphatic carbocycles. The molecule has 1 unspecified atom stereocenters.